The van der Waals surface area contributed by atoms with E-state index in [1.807, 2.05) is 0 Å². The third-order valence-corrected chi connectivity index (χ3v) is 12.1. The van der Waals surface area contributed by atoms with Gasteiger partial charge in [0.1, 0.15) is 0 Å². The summed E-state index contributed by atoms with van der Waals surface area (Å²) in [6.45, 7) is 0. The fraction of sp³-hybridized carbons (Fsp3) is 0.0175. The maximum Gasteiger partial charge on any atom is 0.0714 e. The van der Waals surface area contributed by atoms with E-state index in [0.29, 0.717) is 0 Å². The van der Waals surface area contributed by atoms with Gasteiger partial charge in [0.15, 0.2) is 0 Å². The Morgan fingerprint density at radius 3 is 1.57 bits per heavy atom. The van der Waals surface area contributed by atoms with Gasteiger partial charge < -0.3 is 4.90 Å². The van der Waals surface area contributed by atoms with Crippen molar-refractivity contribution in [3.63, 3.8) is 0 Å². The molecule has 10 aromatic rings. The Kier molecular flexibility index (Phi) is 8.12. The smallest absolute Gasteiger partial charge is 0.0714 e. The second-order valence-corrected chi connectivity index (χ2v) is 15.2. The molecule has 11 rings (SSSR count). The molecule has 0 atom stereocenters. The van der Waals surface area contributed by atoms with Crippen LogP contribution in [0.5, 0.6) is 0 Å². The van der Waals surface area contributed by atoms with Gasteiger partial charge in [0.2, 0.25) is 0 Å². The fourth-order valence-corrected chi connectivity index (χ4v) is 9.53. The Morgan fingerprint density at radius 2 is 0.828 bits per heavy atom. The summed E-state index contributed by atoms with van der Waals surface area (Å²) in [4.78, 5) is 2.44. The average molecular weight is 738 g/mol. The monoisotopic (exact) mass is 737 g/mol. The summed E-state index contributed by atoms with van der Waals surface area (Å²) < 4.78 is 0. The van der Waals surface area contributed by atoms with Crippen molar-refractivity contribution in [2.75, 3.05) is 4.90 Å². The molecule has 1 aliphatic rings. The predicted octanol–water partition coefficient (Wildman–Crippen LogP) is 15.2. The van der Waals surface area contributed by atoms with E-state index in [1.54, 1.807) is 0 Å². The molecule has 0 unspecified atom stereocenters. The first-order chi connectivity index (χ1) is 28.8. The lowest BCUT2D eigenvalue weighted by atomic mass is 9.68. The predicted molar refractivity (Wildman–Crippen MR) is 244 cm³/mol. The molecule has 0 aliphatic heterocycles. The van der Waals surface area contributed by atoms with Crippen LogP contribution in [0.1, 0.15) is 22.3 Å². The molecule has 58 heavy (non-hydrogen) atoms. The zero-order valence-electron chi connectivity index (χ0n) is 32.0. The molecule has 0 N–H and O–H groups in total. The number of benzene rings is 10. The Balaban J connectivity index is 1.07. The highest BCUT2D eigenvalue weighted by atomic mass is 15.1. The van der Waals surface area contributed by atoms with Gasteiger partial charge in [-0.25, -0.2) is 0 Å². The van der Waals surface area contributed by atoms with Crippen molar-refractivity contribution in [1.29, 1.82) is 0 Å². The SMILES string of the molecule is c1ccc(N(c2ccc(-c3cccc4ccc(-c5ccc6ccccc6c5)cc34)cc2)c2cccc3c2-c2ccccc2C3(c2ccccc2)c2ccccc2)cc1. The highest BCUT2D eigenvalue weighted by molar-refractivity contribution is 6.01. The number of hydrogen-bond donors (Lipinski definition) is 0. The topological polar surface area (TPSA) is 3.24 Å². The first kappa shape index (κ1) is 33.8. The van der Waals surface area contributed by atoms with Crippen LogP contribution in [0.15, 0.2) is 237 Å². The number of para-hydroxylation sites is 1. The molecule has 10 aromatic carbocycles. The van der Waals surface area contributed by atoms with Gasteiger partial charge in [0.25, 0.3) is 0 Å². The number of anilines is 3. The van der Waals surface area contributed by atoms with Gasteiger partial charge in [-0.05, 0) is 114 Å². The van der Waals surface area contributed by atoms with Crippen molar-refractivity contribution in [1.82, 2.24) is 0 Å². The molecule has 0 fully saturated rings. The minimum atomic E-state index is -0.475. The lowest BCUT2D eigenvalue weighted by Crippen LogP contribution is -2.28. The van der Waals surface area contributed by atoms with Gasteiger partial charge in [-0.2, -0.15) is 0 Å². The molecule has 1 heteroatoms. The van der Waals surface area contributed by atoms with Crippen molar-refractivity contribution in [3.05, 3.63) is 259 Å². The first-order valence-electron chi connectivity index (χ1n) is 20.1. The molecule has 0 aromatic heterocycles. The molecule has 0 radical (unpaired) electrons. The van der Waals surface area contributed by atoms with Gasteiger partial charge in [-0.3, -0.25) is 0 Å². The van der Waals surface area contributed by atoms with E-state index in [1.165, 1.54) is 77.2 Å². The van der Waals surface area contributed by atoms with Gasteiger partial charge >= 0.3 is 0 Å². The van der Waals surface area contributed by atoms with Crippen molar-refractivity contribution in [2.24, 2.45) is 0 Å². The quantitative estimate of drug-likeness (QED) is 0.157. The minimum absolute atomic E-state index is 0.475. The number of fused-ring (bicyclic) bond motifs is 5. The largest absolute Gasteiger partial charge is 0.310 e. The standard InChI is InChI=1S/C57H39N/c1-4-19-46(20-5-1)57(47-21-6-2-7-22-47)53-27-13-12-25-51(53)56-54(57)28-15-29-55(56)58(48-23-8-3-9-24-48)49-36-34-42(35-37-49)50-26-14-18-41-31-33-45(39-52(41)50)44-32-30-40-16-10-11-17-43(40)38-44/h1-39H. The van der Waals surface area contributed by atoms with Crippen molar-refractivity contribution < 1.29 is 0 Å². The molecule has 1 nitrogen and oxygen atoms in total. The van der Waals surface area contributed by atoms with Gasteiger partial charge in [-0.15, -0.1) is 0 Å². The highest BCUT2D eigenvalue weighted by Gasteiger charge is 2.47. The van der Waals surface area contributed by atoms with Crippen molar-refractivity contribution in [3.8, 4) is 33.4 Å². The maximum absolute atomic E-state index is 2.44. The summed E-state index contributed by atoms with van der Waals surface area (Å²) in [6.07, 6.45) is 0. The molecular formula is C57H39N. The van der Waals surface area contributed by atoms with E-state index in [2.05, 4.69) is 241 Å². The second kappa shape index (κ2) is 13.9. The summed E-state index contributed by atoms with van der Waals surface area (Å²) in [5.41, 5.74) is 15.4. The Bertz CT molecular complexity index is 3050. The van der Waals surface area contributed by atoms with Crippen LogP contribution in [0.4, 0.5) is 17.1 Å². The molecule has 0 saturated heterocycles. The molecule has 0 spiro atoms. The van der Waals surface area contributed by atoms with E-state index in [-0.39, 0.29) is 0 Å². The molecule has 0 saturated carbocycles. The number of nitrogens with zero attached hydrogens (tertiary/aromatic N) is 1. The summed E-state index contributed by atoms with van der Waals surface area (Å²) in [5.74, 6) is 0. The van der Waals surface area contributed by atoms with Gasteiger partial charge in [-0.1, -0.05) is 194 Å². The number of rotatable bonds is 7. The van der Waals surface area contributed by atoms with E-state index < -0.39 is 5.41 Å². The van der Waals surface area contributed by atoms with Crippen LogP contribution in [0.3, 0.4) is 0 Å². The minimum Gasteiger partial charge on any atom is -0.310 e. The molecule has 0 amide bonds. The van der Waals surface area contributed by atoms with E-state index in [4.69, 9.17) is 0 Å². The van der Waals surface area contributed by atoms with E-state index in [0.717, 1.165) is 17.1 Å². The van der Waals surface area contributed by atoms with Gasteiger partial charge in [0.05, 0.1) is 11.1 Å². The molecular weight excluding hydrogens is 699 g/mol. The summed E-state index contributed by atoms with van der Waals surface area (Å²) in [7, 11) is 0. The van der Waals surface area contributed by atoms with Crippen molar-refractivity contribution in [2.45, 2.75) is 5.41 Å². The Hall–Kier alpha value is -7.48. The molecule has 0 heterocycles. The van der Waals surface area contributed by atoms with Crippen LogP contribution >= 0.6 is 0 Å². The summed E-state index contributed by atoms with van der Waals surface area (Å²) in [6, 6.07) is 86.8. The Labute approximate surface area is 339 Å². The summed E-state index contributed by atoms with van der Waals surface area (Å²) >= 11 is 0. The van der Waals surface area contributed by atoms with Crippen LogP contribution in [-0.4, -0.2) is 0 Å². The zero-order chi connectivity index (χ0) is 38.5. The summed E-state index contributed by atoms with van der Waals surface area (Å²) in [5, 5.41) is 4.99. The van der Waals surface area contributed by atoms with Crippen LogP contribution in [0.2, 0.25) is 0 Å². The molecule has 1 aliphatic carbocycles. The van der Waals surface area contributed by atoms with Crippen molar-refractivity contribution >= 4 is 38.6 Å². The van der Waals surface area contributed by atoms with Crippen LogP contribution < -0.4 is 4.90 Å². The van der Waals surface area contributed by atoms with Crippen LogP contribution in [-0.2, 0) is 5.41 Å². The Morgan fingerprint density at radius 1 is 0.310 bits per heavy atom. The second-order valence-electron chi connectivity index (χ2n) is 15.2. The fourth-order valence-electron chi connectivity index (χ4n) is 9.53. The highest BCUT2D eigenvalue weighted by Crippen LogP contribution is 2.59. The number of hydrogen-bond acceptors (Lipinski definition) is 1. The molecule has 0 bridgehead atoms. The zero-order valence-corrected chi connectivity index (χ0v) is 32.0. The van der Waals surface area contributed by atoms with E-state index >= 15 is 0 Å². The lowest BCUT2D eigenvalue weighted by Gasteiger charge is -2.34. The maximum atomic E-state index is 2.44. The van der Waals surface area contributed by atoms with E-state index in [9.17, 15) is 0 Å². The first-order valence-corrected chi connectivity index (χ1v) is 20.1. The third kappa shape index (κ3) is 5.39. The average Bonchev–Trinajstić information content (AvgIpc) is 3.61. The third-order valence-electron chi connectivity index (χ3n) is 12.1. The van der Waals surface area contributed by atoms with Crippen LogP contribution in [0.25, 0.3) is 54.9 Å². The van der Waals surface area contributed by atoms with Gasteiger partial charge in [0, 0.05) is 16.9 Å². The normalized spacial score (nSPS) is 12.6. The van der Waals surface area contributed by atoms with Crippen LogP contribution in [0, 0.1) is 0 Å². The lowest BCUT2D eigenvalue weighted by molar-refractivity contribution is 0.768. The molecule has 272 valence electrons.